The molecule has 390 valence electrons. The second-order valence-corrected chi connectivity index (χ2v) is 22.4. The Balaban J connectivity index is 1.06. The maximum Gasteiger partial charge on any atom is 0.160 e. The minimum absolute atomic E-state index is 0.377. The van der Waals surface area contributed by atoms with Gasteiger partial charge in [0.05, 0.1) is 66.9 Å². The lowest BCUT2D eigenvalue weighted by atomic mass is 9.93. The number of rotatable bonds is 5. The van der Waals surface area contributed by atoms with E-state index in [-0.39, 0.29) is 0 Å². The molecular weight excluding hydrogens is 1040 g/mol. The number of hydrogen-bond acceptors (Lipinski definition) is 3. The molecule has 0 saturated carbocycles. The Bertz CT molecular complexity index is 5950. The molecule has 0 bridgehead atoms. The number of benzene rings is 13. The zero-order valence-electron chi connectivity index (χ0n) is 45.3. The first-order valence-electron chi connectivity index (χ1n) is 28.7. The lowest BCUT2D eigenvalue weighted by Crippen LogP contribution is -2.16. The van der Waals surface area contributed by atoms with Gasteiger partial charge in [-0.25, -0.2) is 0 Å². The third-order valence-electron chi connectivity index (χ3n) is 18.4. The van der Waals surface area contributed by atoms with Crippen molar-refractivity contribution in [1.82, 2.24) is 18.3 Å². The third-order valence-corrected chi connectivity index (χ3v) is 18.4. The molecule has 0 unspecified atom stereocenters. The molecule has 0 atom stereocenters. The molecule has 0 fully saturated rings. The largest absolute Gasteiger partial charge is 0.454 e. The van der Waals surface area contributed by atoms with E-state index in [1.54, 1.807) is 0 Å². The van der Waals surface area contributed by atoms with E-state index in [1.807, 2.05) is 12.1 Å². The van der Waals surface area contributed by atoms with E-state index in [0.29, 0.717) is 39.5 Å². The molecule has 1 aliphatic carbocycles. The number of nitriles is 2. The standard InChI is InChI=1S/C78H42N6O/c79-43-62-73(81-64-29-10-3-20-49(64)50-21-4-11-30-65(50)81)74(82-66-31-12-5-22-51(66)52-23-6-13-32-67(52)82)63(44-80)76(75(62)83-68-33-14-7-24-53(68)54-25-8-15-34-69(54)83)84-70-41-36-45(42-61(70)59-39-40-60-55-26-9-16-35-71(55)85-78(60)77(59)84)46-37-38-58-48-19-2-1-18-47(48)57-28-17-27-56(46)72(57)58/h1-42H. The molecule has 7 heteroatoms. The molecule has 0 spiro atoms. The Morgan fingerprint density at radius 3 is 1.14 bits per heavy atom. The van der Waals surface area contributed by atoms with Crippen molar-refractivity contribution >= 4 is 120 Å². The van der Waals surface area contributed by atoms with Gasteiger partial charge in [-0.1, -0.05) is 194 Å². The van der Waals surface area contributed by atoms with E-state index in [9.17, 15) is 10.5 Å². The highest BCUT2D eigenvalue weighted by Crippen LogP contribution is 2.53. The molecule has 0 amide bonds. The van der Waals surface area contributed by atoms with Crippen LogP contribution in [0, 0.1) is 22.7 Å². The lowest BCUT2D eigenvalue weighted by molar-refractivity contribution is 0.671. The normalized spacial score (nSPS) is 12.2. The van der Waals surface area contributed by atoms with Crippen LogP contribution in [0.5, 0.6) is 0 Å². The summed E-state index contributed by atoms with van der Waals surface area (Å²) in [7, 11) is 0. The van der Waals surface area contributed by atoms with E-state index >= 15 is 0 Å². The van der Waals surface area contributed by atoms with Crippen LogP contribution in [-0.2, 0) is 0 Å². The molecule has 19 rings (SSSR count). The predicted molar refractivity (Wildman–Crippen MR) is 348 cm³/mol. The Kier molecular flexibility index (Phi) is 9.07. The van der Waals surface area contributed by atoms with Gasteiger partial charge < -0.3 is 22.7 Å². The quantitative estimate of drug-likeness (QED) is 0.172. The van der Waals surface area contributed by atoms with Gasteiger partial charge in [0.15, 0.2) is 5.58 Å². The van der Waals surface area contributed by atoms with Crippen LogP contribution in [0.25, 0.3) is 176 Å². The first-order chi connectivity index (χ1) is 42.2. The van der Waals surface area contributed by atoms with Gasteiger partial charge >= 0.3 is 0 Å². The molecule has 0 saturated heterocycles. The van der Waals surface area contributed by atoms with Crippen LogP contribution in [0.2, 0.25) is 0 Å². The Morgan fingerprint density at radius 2 is 0.647 bits per heavy atom. The average molecular weight is 1080 g/mol. The van der Waals surface area contributed by atoms with Gasteiger partial charge in [-0.3, -0.25) is 0 Å². The van der Waals surface area contributed by atoms with E-state index in [2.05, 4.69) is 273 Å². The van der Waals surface area contributed by atoms with Gasteiger partial charge in [0.1, 0.15) is 28.8 Å². The van der Waals surface area contributed by atoms with Gasteiger partial charge in [-0.15, -0.1) is 0 Å². The van der Waals surface area contributed by atoms with Crippen molar-refractivity contribution in [2.75, 3.05) is 0 Å². The highest BCUT2D eigenvalue weighted by atomic mass is 16.3. The summed E-state index contributed by atoms with van der Waals surface area (Å²) < 4.78 is 16.2. The zero-order valence-corrected chi connectivity index (χ0v) is 45.3. The molecule has 85 heavy (non-hydrogen) atoms. The summed E-state index contributed by atoms with van der Waals surface area (Å²) in [6.07, 6.45) is 0. The number of fused-ring (bicyclic) bond motifs is 19. The molecule has 0 radical (unpaired) electrons. The van der Waals surface area contributed by atoms with Gasteiger partial charge in [0, 0.05) is 53.9 Å². The first kappa shape index (κ1) is 45.8. The summed E-state index contributed by atoms with van der Waals surface area (Å²) in [6, 6.07) is 95.9. The molecular formula is C78H42N6O. The van der Waals surface area contributed by atoms with E-state index in [0.717, 1.165) is 115 Å². The summed E-state index contributed by atoms with van der Waals surface area (Å²) in [4.78, 5) is 0. The van der Waals surface area contributed by atoms with Gasteiger partial charge in [-0.05, 0) is 105 Å². The van der Waals surface area contributed by atoms with Crippen LogP contribution in [0.4, 0.5) is 0 Å². The van der Waals surface area contributed by atoms with Crippen LogP contribution in [0.3, 0.4) is 0 Å². The minimum atomic E-state index is 0.377. The summed E-state index contributed by atoms with van der Waals surface area (Å²) in [5, 5.41) is 38.3. The van der Waals surface area contributed by atoms with E-state index in [1.165, 1.54) is 33.0 Å². The fourth-order valence-electron chi connectivity index (χ4n) is 15.0. The van der Waals surface area contributed by atoms with Crippen molar-refractivity contribution in [3.05, 3.63) is 266 Å². The fourth-order valence-corrected chi connectivity index (χ4v) is 15.0. The summed E-state index contributed by atoms with van der Waals surface area (Å²) >= 11 is 0. The Labute approximate surface area is 484 Å². The highest BCUT2D eigenvalue weighted by Gasteiger charge is 2.35. The number of para-hydroxylation sites is 7. The van der Waals surface area contributed by atoms with E-state index in [4.69, 9.17) is 4.42 Å². The van der Waals surface area contributed by atoms with Crippen molar-refractivity contribution in [1.29, 1.82) is 10.5 Å². The van der Waals surface area contributed by atoms with E-state index < -0.39 is 0 Å². The SMILES string of the molecule is N#Cc1c(-n2c3ccccc3c3ccccc32)c(-n2c3ccccc3c3ccccc32)c(C#N)c(-n2c3ccc(-c4ccc5c6c(cccc46)-c4ccccc4-5)cc3c3ccc4c5ccccc5oc4c32)c1-n1c2ccccc2c2ccccc21. The molecule has 5 heterocycles. The summed E-state index contributed by atoms with van der Waals surface area (Å²) in [6.45, 7) is 0. The van der Waals surface area contributed by atoms with Crippen LogP contribution in [0.1, 0.15) is 11.1 Å². The minimum Gasteiger partial charge on any atom is -0.454 e. The second kappa shape index (κ2) is 16.8. The summed E-state index contributed by atoms with van der Waals surface area (Å²) in [5.41, 5.74) is 18.7. The van der Waals surface area contributed by atoms with Crippen molar-refractivity contribution in [3.63, 3.8) is 0 Å². The third kappa shape index (κ3) is 5.90. The molecule has 5 aromatic heterocycles. The highest BCUT2D eigenvalue weighted by molar-refractivity contribution is 6.24. The van der Waals surface area contributed by atoms with Crippen LogP contribution >= 0.6 is 0 Å². The number of nitrogens with zero attached hydrogens (tertiary/aromatic N) is 6. The number of aromatic nitrogens is 4. The Morgan fingerprint density at radius 1 is 0.271 bits per heavy atom. The number of furan rings is 1. The van der Waals surface area contributed by atoms with Crippen molar-refractivity contribution in [3.8, 4) is 68.3 Å². The molecule has 7 nitrogen and oxygen atoms in total. The number of hydrogen-bond donors (Lipinski definition) is 0. The molecule has 13 aromatic carbocycles. The maximum absolute atomic E-state index is 13.0. The second-order valence-electron chi connectivity index (χ2n) is 22.4. The zero-order chi connectivity index (χ0) is 55.8. The Hall–Kier alpha value is -11.9. The van der Waals surface area contributed by atoms with Gasteiger partial charge in [0.2, 0.25) is 0 Å². The molecule has 0 N–H and O–H groups in total. The average Bonchev–Trinajstić information content (AvgIpc) is 1.72. The fraction of sp³-hybridized carbons (Fsp3) is 0. The maximum atomic E-state index is 13.0. The van der Waals surface area contributed by atoms with Crippen LogP contribution in [0.15, 0.2) is 259 Å². The van der Waals surface area contributed by atoms with Crippen molar-refractivity contribution in [2.45, 2.75) is 0 Å². The first-order valence-corrected chi connectivity index (χ1v) is 28.7. The van der Waals surface area contributed by atoms with Crippen molar-refractivity contribution in [2.24, 2.45) is 0 Å². The van der Waals surface area contributed by atoms with Crippen LogP contribution < -0.4 is 0 Å². The smallest absolute Gasteiger partial charge is 0.160 e. The predicted octanol–water partition coefficient (Wildman–Crippen LogP) is 20.2. The van der Waals surface area contributed by atoms with Crippen LogP contribution in [-0.4, -0.2) is 18.3 Å². The molecule has 18 aromatic rings. The van der Waals surface area contributed by atoms with Crippen molar-refractivity contribution < 1.29 is 4.42 Å². The topological polar surface area (TPSA) is 80.4 Å². The lowest BCUT2D eigenvalue weighted by Gasteiger charge is -2.27. The monoisotopic (exact) mass is 1080 g/mol. The van der Waals surface area contributed by atoms with Gasteiger partial charge in [-0.2, -0.15) is 10.5 Å². The molecule has 1 aliphatic rings. The molecule has 0 aliphatic heterocycles. The summed E-state index contributed by atoms with van der Waals surface area (Å²) in [5.74, 6) is 0. The van der Waals surface area contributed by atoms with Gasteiger partial charge in [0.25, 0.3) is 0 Å².